The third kappa shape index (κ3) is 3.50. The quantitative estimate of drug-likeness (QED) is 0.649. The number of hydrogen-bond acceptors (Lipinski definition) is 3. The van der Waals surface area contributed by atoms with E-state index < -0.39 is 6.03 Å². The number of carbonyl (C=O) groups excluding carboxylic acids is 2. The maximum absolute atomic E-state index is 12.2. The van der Waals surface area contributed by atoms with Crippen LogP contribution >= 0.6 is 0 Å². The minimum atomic E-state index is -0.637. The Labute approximate surface area is 122 Å². The van der Waals surface area contributed by atoms with Gasteiger partial charge in [0.15, 0.2) is 0 Å². The van der Waals surface area contributed by atoms with Gasteiger partial charge in [-0.2, -0.15) is 0 Å². The molecule has 6 heteroatoms. The van der Waals surface area contributed by atoms with E-state index >= 15 is 0 Å². The number of nitrogen functional groups attached to an aromatic ring is 1. The molecule has 21 heavy (non-hydrogen) atoms. The standard InChI is InChI=1S/C15H16N4O2/c1-9-12(3-2-4-13(9)16)14(20)18-10-5-7-11(8-6-10)19-15(17)21/h2-8H,16H2,1H3,(H,18,20)(H3,17,19,21). The Morgan fingerprint density at radius 2 is 1.52 bits per heavy atom. The molecule has 0 radical (unpaired) electrons. The van der Waals surface area contributed by atoms with E-state index in [0.717, 1.165) is 5.56 Å². The third-order valence-corrected chi connectivity index (χ3v) is 3.03. The number of carbonyl (C=O) groups is 2. The second-order valence-electron chi connectivity index (χ2n) is 4.54. The number of benzene rings is 2. The molecular weight excluding hydrogens is 268 g/mol. The number of anilines is 3. The van der Waals surface area contributed by atoms with E-state index in [4.69, 9.17) is 11.5 Å². The highest BCUT2D eigenvalue weighted by Gasteiger charge is 2.10. The summed E-state index contributed by atoms with van der Waals surface area (Å²) in [5.41, 5.74) is 13.8. The van der Waals surface area contributed by atoms with Gasteiger partial charge in [0.1, 0.15) is 0 Å². The van der Waals surface area contributed by atoms with Crippen LogP contribution in [0.1, 0.15) is 15.9 Å². The van der Waals surface area contributed by atoms with E-state index in [0.29, 0.717) is 22.6 Å². The zero-order valence-electron chi connectivity index (χ0n) is 11.5. The van der Waals surface area contributed by atoms with Crippen molar-refractivity contribution >= 4 is 29.0 Å². The first-order valence-corrected chi connectivity index (χ1v) is 6.30. The van der Waals surface area contributed by atoms with Crippen molar-refractivity contribution in [3.05, 3.63) is 53.6 Å². The Bertz CT molecular complexity index is 681. The van der Waals surface area contributed by atoms with Gasteiger partial charge >= 0.3 is 6.03 Å². The average molecular weight is 284 g/mol. The van der Waals surface area contributed by atoms with Crippen LogP contribution in [-0.2, 0) is 0 Å². The van der Waals surface area contributed by atoms with Crippen molar-refractivity contribution < 1.29 is 9.59 Å². The van der Waals surface area contributed by atoms with E-state index in [1.54, 1.807) is 49.4 Å². The van der Waals surface area contributed by atoms with E-state index in [2.05, 4.69) is 10.6 Å². The fourth-order valence-corrected chi connectivity index (χ4v) is 1.88. The highest BCUT2D eigenvalue weighted by atomic mass is 16.2. The lowest BCUT2D eigenvalue weighted by Crippen LogP contribution is -2.19. The molecular formula is C15H16N4O2. The summed E-state index contributed by atoms with van der Waals surface area (Å²) in [6.45, 7) is 1.80. The molecule has 0 atom stereocenters. The molecule has 0 bridgehead atoms. The van der Waals surface area contributed by atoms with Crippen molar-refractivity contribution in [1.29, 1.82) is 0 Å². The van der Waals surface area contributed by atoms with Gasteiger partial charge in [-0.1, -0.05) is 6.07 Å². The van der Waals surface area contributed by atoms with Crippen molar-refractivity contribution in [2.75, 3.05) is 16.4 Å². The van der Waals surface area contributed by atoms with Crippen LogP contribution in [0.3, 0.4) is 0 Å². The lowest BCUT2D eigenvalue weighted by atomic mass is 10.1. The molecule has 0 saturated heterocycles. The van der Waals surface area contributed by atoms with Gasteiger partial charge < -0.3 is 22.1 Å². The zero-order valence-corrected chi connectivity index (χ0v) is 11.5. The Hall–Kier alpha value is -3.02. The summed E-state index contributed by atoms with van der Waals surface area (Å²) in [7, 11) is 0. The molecule has 0 aromatic heterocycles. The van der Waals surface area contributed by atoms with Gasteiger partial charge in [-0.15, -0.1) is 0 Å². The van der Waals surface area contributed by atoms with Crippen LogP contribution in [0.4, 0.5) is 21.9 Å². The van der Waals surface area contributed by atoms with Gasteiger partial charge in [0, 0.05) is 22.6 Å². The number of hydrogen-bond donors (Lipinski definition) is 4. The molecule has 0 saturated carbocycles. The molecule has 0 aliphatic rings. The minimum absolute atomic E-state index is 0.240. The van der Waals surface area contributed by atoms with Crippen molar-refractivity contribution in [2.45, 2.75) is 6.92 Å². The summed E-state index contributed by atoms with van der Waals surface area (Å²) < 4.78 is 0. The molecule has 0 aliphatic carbocycles. The summed E-state index contributed by atoms with van der Waals surface area (Å²) >= 11 is 0. The van der Waals surface area contributed by atoms with Crippen molar-refractivity contribution in [3.63, 3.8) is 0 Å². The molecule has 2 aromatic carbocycles. The molecule has 2 rings (SSSR count). The Morgan fingerprint density at radius 1 is 0.952 bits per heavy atom. The van der Waals surface area contributed by atoms with Gasteiger partial charge in [-0.25, -0.2) is 4.79 Å². The summed E-state index contributed by atoms with van der Waals surface area (Å²) in [4.78, 5) is 22.9. The highest BCUT2D eigenvalue weighted by Crippen LogP contribution is 2.18. The molecule has 6 nitrogen and oxygen atoms in total. The predicted octanol–water partition coefficient (Wildman–Crippen LogP) is 2.32. The van der Waals surface area contributed by atoms with Crippen molar-refractivity contribution in [2.24, 2.45) is 5.73 Å². The first-order valence-electron chi connectivity index (χ1n) is 6.30. The van der Waals surface area contributed by atoms with E-state index in [1.165, 1.54) is 0 Å². The van der Waals surface area contributed by atoms with Crippen LogP contribution in [0, 0.1) is 6.92 Å². The van der Waals surface area contributed by atoms with Crippen LogP contribution in [0.25, 0.3) is 0 Å². The topological polar surface area (TPSA) is 110 Å². The lowest BCUT2D eigenvalue weighted by Gasteiger charge is -2.10. The molecule has 108 valence electrons. The minimum Gasteiger partial charge on any atom is -0.398 e. The van der Waals surface area contributed by atoms with Gasteiger partial charge in [-0.3, -0.25) is 4.79 Å². The summed E-state index contributed by atoms with van der Waals surface area (Å²) in [5, 5.41) is 5.21. The summed E-state index contributed by atoms with van der Waals surface area (Å²) in [6.07, 6.45) is 0. The van der Waals surface area contributed by atoms with E-state index in [1.807, 2.05) is 0 Å². The molecule has 0 unspecified atom stereocenters. The third-order valence-electron chi connectivity index (χ3n) is 3.03. The maximum Gasteiger partial charge on any atom is 0.316 e. The highest BCUT2D eigenvalue weighted by molar-refractivity contribution is 6.06. The fraction of sp³-hybridized carbons (Fsp3) is 0.0667. The number of primary amides is 1. The van der Waals surface area contributed by atoms with Gasteiger partial charge in [-0.05, 0) is 48.9 Å². The average Bonchev–Trinajstić information content (AvgIpc) is 2.43. The van der Waals surface area contributed by atoms with Crippen molar-refractivity contribution in [3.8, 4) is 0 Å². The number of nitrogens with one attached hydrogen (secondary N) is 2. The zero-order chi connectivity index (χ0) is 15.4. The normalized spacial score (nSPS) is 9.95. The van der Waals surface area contributed by atoms with Gasteiger partial charge in [0.25, 0.3) is 5.91 Å². The Balaban J connectivity index is 2.12. The lowest BCUT2D eigenvalue weighted by molar-refractivity contribution is 0.102. The summed E-state index contributed by atoms with van der Waals surface area (Å²) in [5.74, 6) is -0.240. The van der Waals surface area contributed by atoms with Crippen LogP contribution in [-0.4, -0.2) is 11.9 Å². The monoisotopic (exact) mass is 284 g/mol. The Morgan fingerprint density at radius 3 is 2.10 bits per heavy atom. The SMILES string of the molecule is Cc1c(N)cccc1C(=O)Nc1ccc(NC(N)=O)cc1. The molecule has 3 amide bonds. The predicted molar refractivity (Wildman–Crippen MR) is 83.2 cm³/mol. The largest absolute Gasteiger partial charge is 0.398 e. The van der Waals surface area contributed by atoms with Crippen LogP contribution in [0.5, 0.6) is 0 Å². The second kappa shape index (κ2) is 5.96. The van der Waals surface area contributed by atoms with E-state index in [-0.39, 0.29) is 5.91 Å². The smallest absolute Gasteiger partial charge is 0.316 e. The molecule has 0 fully saturated rings. The van der Waals surface area contributed by atoms with Crippen molar-refractivity contribution in [1.82, 2.24) is 0 Å². The summed E-state index contributed by atoms with van der Waals surface area (Å²) in [6, 6.07) is 11.2. The van der Waals surface area contributed by atoms with Crippen LogP contribution < -0.4 is 22.1 Å². The van der Waals surface area contributed by atoms with Crippen LogP contribution in [0.15, 0.2) is 42.5 Å². The first-order chi connectivity index (χ1) is 9.97. The number of rotatable bonds is 3. The van der Waals surface area contributed by atoms with Gasteiger partial charge in [0.05, 0.1) is 0 Å². The fourth-order valence-electron chi connectivity index (χ4n) is 1.88. The molecule has 2 aromatic rings. The van der Waals surface area contributed by atoms with Gasteiger partial charge in [0.2, 0.25) is 0 Å². The van der Waals surface area contributed by atoms with Crippen LogP contribution in [0.2, 0.25) is 0 Å². The van der Waals surface area contributed by atoms with E-state index in [9.17, 15) is 9.59 Å². The molecule has 0 heterocycles. The molecule has 6 N–H and O–H groups in total. The maximum atomic E-state index is 12.2. The number of amides is 3. The molecule has 0 spiro atoms. The first kappa shape index (κ1) is 14.4. The number of urea groups is 1. The molecule has 0 aliphatic heterocycles. The number of nitrogens with two attached hydrogens (primary N) is 2. The Kier molecular flexibility index (Phi) is 4.08. The second-order valence-corrected chi connectivity index (χ2v) is 4.54.